The molecular weight excluding hydrogens is 320 g/mol. The van der Waals surface area contributed by atoms with Gasteiger partial charge >= 0.3 is 0 Å². The Morgan fingerprint density at radius 1 is 1.37 bits per heavy atom. The largest absolute Gasteiger partial charge is 0.271 e. The van der Waals surface area contributed by atoms with E-state index in [-0.39, 0.29) is 0 Å². The molecule has 0 saturated heterocycles. The standard InChI is InChI=1S/C15H23BrN2S/c1-11-3-2-4-12(9-11)15(18-17)10-19-14-7-5-13(16)6-8-14/h5-8,11-12,15,18H,2-4,9-10,17H2,1H3. The number of benzene rings is 1. The van der Waals surface area contributed by atoms with Crippen molar-refractivity contribution in [2.75, 3.05) is 5.75 Å². The Kier molecular flexibility index (Phi) is 6.20. The zero-order chi connectivity index (χ0) is 13.7. The summed E-state index contributed by atoms with van der Waals surface area (Å²) in [7, 11) is 0. The van der Waals surface area contributed by atoms with Gasteiger partial charge in [-0.3, -0.25) is 11.3 Å². The average Bonchev–Trinajstić information content (AvgIpc) is 2.42. The molecule has 1 saturated carbocycles. The van der Waals surface area contributed by atoms with Crippen molar-refractivity contribution in [3.63, 3.8) is 0 Å². The van der Waals surface area contributed by atoms with E-state index in [9.17, 15) is 0 Å². The van der Waals surface area contributed by atoms with Gasteiger partial charge in [0.1, 0.15) is 0 Å². The molecule has 0 spiro atoms. The molecule has 3 unspecified atom stereocenters. The molecule has 0 aromatic heterocycles. The zero-order valence-corrected chi connectivity index (χ0v) is 13.8. The number of halogens is 1. The quantitative estimate of drug-likeness (QED) is 0.478. The Hall–Kier alpha value is -0.0300. The lowest BCUT2D eigenvalue weighted by Crippen LogP contribution is -2.44. The topological polar surface area (TPSA) is 38.0 Å². The minimum atomic E-state index is 0.427. The number of nitrogens with two attached hydrogens (primary N) is 1. The lowest BCUT2D eigenvalue weighted by molar-refractivity contribution is 0.235. The second kappa shape index (κ2) is 7.67. The second-order valence-electron chi connectivity index (χ2n) is 5.57. The van der Waals surface area contributed by atoms with E-state index in [0.717, 1.165) is 22.1 Å². The van der Waals surface area contributed by atoms with Crippen LogP contribution < -0.4 is 11.3 Å². The molecule has 0 radical (unpaired) electrons. The molecule has 1 aliphatic carbocycles. The van der Waals surface area contributed by atoms with E-state index in [2.05, 4.69) is 52.5 Å². The van der Waals surface area contributed by atoms with Gasteiger partial charge in [0, 0.05) is 21.2 Å². The number of thioether (sulfide) groups is 1. The first-order chi connectivity index (χ1) is 9.19. The highest BCUT2D eigenvalue weighted by Gasteiger charge is 2.25. The van der Waals surface area contributed by atoms with Crippen LogP contribution in [0.25, 0.3) is 0 Å². The zero-order valence-electron chi connectivity index (χ0n) is 11.4. The molecule has 0 amide bonds. The van der Waals surface area contributed by atoms with Gasteiger partial charge in [0.15, 0.2) is 0 Å². The Labute approximate surface area is 129 Å². The fourth-order valence-electron chi connectivity index (χ4n) is 2.88. The van der Waals surface area contributed by atoms with Crippen LogP contribution in [0.5, 0.6) is 0 Å². The molecule has 3 atom stereocenters. The van der Waals surface area contributed by atoms with E-state index in [0.29, 0.717) is 6.04 Å². The summed E-state index contributed by atoms with van der Waals surface area (Å²) < 4.78 is 1.13. The summed E-state index contributed by atoms with van der Waals surface area (Å²) in [5, 5.41) is 0. The Balaban J connectivity index is 1.86. The Bertz CT molecular complexity index is 382. The fraction of sp³-hybridized carbons (Fsp3) is 0.600. The van der Waals surface area contributed by atoms with Crippen molar-refractivity contribution in [1.29, 1.82) is 0 Å². The highest BCUT2D eigenvalue weighted by atomic mass is 79.9. The monoisotopic (exact) mass is 342 g/mol. The van der Waals surface area contributed by atoms with E-state index in [1.54, 1.807) is 0 Å². The molecule has 0 aliphatic heterocycles. The minimum Gasteiger partial charge on any atom is -0.271 e. The first kappa shape index (κ1) is 15.4. The third-order valence-electron chi connectivity index (χ3n) is 4.00. The van der Waals surface area contributed by atoms with Crippen molar-refractivity contribution in [3.8, 4) is 0 Å². The summed E-state index contributed by atoms with van der Waals surface area (Å²) >= 11 is 5.36. The maximum Gasteiger partial charge on any atom is 0.0332 e. The molecule has 106 valence electrons. The van der Waals surface area contributed by atoms with Crippen LogP contribution in [-0.2, 0) is 0 Å². The van der Waals surface area contributed by atoms with E-state index >= 15 is 0 Å². The Morgan fingerprint density at radius 2 is 2.11 bits per heavy atom. The summed E-state index contributed by atoms with van der Waals surface area (Å²) in [5.41, 5.74) is 3.04. The molecule has 3 N–H and O–H groups in total. The highest BCUT2D eigenvalue weighted by molar-refractivity contribution is 9.10. The fourth-order valence-corrected chi connectivity index (χ4v) is 4.22. The van der Waals surface area contributed by atoms with Gasteiger partial charge in [-0.2, -0.15) is 0 Å². The normalized spacial score (nSPS) is 25.2. The molecule has 0 bridgehead atoms. The molecule has 19 heavy (non-hydrogen) atoms. The van der Waals surface area contributed by atoms with Gasteiger partial charge in [-0.15, -0.1) is 11.8 Å². The van der Waals surface area contributed by atoms with Crippen molar-refractivity contribution < 1.29 is 0 Å². The summed E-state index contributed by atoms with van der Waals surface area (Å²) in [6, 6.07) is 8.93. The van der Waals surface area contributed by atoms with Crippen molar-refractivity contribution in [1.82, 2.24) is 5.43 Å². The SMILES string of the molecule is CC1CCCC(C(CSc2ccc(Br)cc2)NN)C1. The van der Waals surface area contributed by atoms with Crippen LogP contribution in [0.4, 0.5) is 0 Å². The van der Waals surface area contributed by atoms with Crippen LogP contribution in [0, 0.1) is 11.8 Å². The number of nitrogens with one attached hydrogen (secondary N) is 1. The van der Waals surface area contributed by atoms with Crippen LogP contribution in [0.15, 0.2) is 33.6 Å². The summed E-state index contributed by atoms with van der Waals surface area (Å²) in [5.74, 6) is 8.40. The van der Waals surface area contributed by atoms with Gasteiger partial charge in [-0.1, -0.05) is 35.7 Å². The molecule has 4 heteroatoms. The maximum atomic E-state index is 5.77. The average molecular weight is 343 g/mol. The van der Waals surface area contributed by atoms with Crippen molar-refractivity contribution in [2.24, 2.45) is 17.7 Å². The number of hydrogen-bond acceptors (Lipinski definition) is 3. The van der Waals surface area contributed by atoms with Crippen molar-refractivity contribution >= 4 is 27.7 Å². The van der Waals surface area contributed by atoms with Gasteiger partial charge in [0.05, 0.1) is 0 Å². The molecule has 2 rings (SSSR count). The van der Waals surface area contributed by atoms with E-state index in [1.165, 1.54) is 30.6 Å². The van der Waals surface area contributed by atoms with Gasteiger partial charge in [0.2, 0.25) is 0 Å². The summed E-state index contributed by atoms with van der Waals surface area (Å²) in [6.07, 6.45) is 5.37. The predicted octanol–water partition coefficient (Wildman–Crippen LogP) is 4.20. The number of hydrazine groups is 1. The van der Waals surface area contributed by atoms with Crippen LogP contribution in [-0.4, -0.2) is 11.8 Å². The number of rotatable bonds is 5. The Morgan fingerprint density at radius 3 is 2.74 bits per heavy atom. The van der Waals surface area contributed by atoms with Gasteiger partial charge in [0.25, 0.3) is 0 Å². The number of hydrogen-bond donors (Lipinski definition) is 2. The smallest absolute Gasteiger partial charge is 0.0332 e. The van der Waals surface area contributed by atoms with Crippen LogP contribution in [0.1, 0.15) is 32.6 Å². The first-order valence-corrected chi connectivity index (χ1v) is 8.81. The second-order valence-corrected chi connectivity index (χ2v) is 7.58. The minimum absolute atomic E-state index is 0.427. The lowest BCUT2D eigenvalue weighted by atomic mass is 9.79. The maximum absolute atomic E-state index is 5.77. The molecule has 1 aromatic rings. The molecular formula is C15H23BrN2S. The molecule has 1 aliphatic rings. The summed E-state index contributed by atoms with van der Waals surface area (Å²) in [4.78, 5) is 1.31. The van der Waals surface area contributed by atoms with E-state index < -0.39 is 0 Å². The van der Waals surface area contributed by atoms with Crippen LogP contribution in [0.3, 0.4) is 0 Å². The van der Waals surface area contributed by atoms with Gasteiger partial charge in [-0.05, 0) is 48.9 Å². The van der Waals surface area contributed by atoms with E-state index in [1.807, 2.05) is 11.8 Å². The molecule has 1 fully saturated rings. The molecule has 2 nitrogen and oxygen atoms in total. The third-order valence-corrected chi connectivity index (χ3v) is 5.66. The summed E-state index contributed by atoms with van der Waals surface area (Å²) in [6.45, 7) is 2.36. The first-order valence-electron chi connectivity index (χ1n) is 7.03. The van der Waals surface area contributed by atoms with E-state index in [4.69, 9.17) is 5.84 Å². The van der Waals surface area contributed by atoms with Crippen molar-refractivity contribution in [3.05, 3.63) is 28.7 Å². The molecule has 1 aromatic carbocycles. The van der Waals surface area contributed by atoms with Crippen LogP contribution in [0.2, 0.25) is 0 Å². The van der Waals surface area contributed by atoms with Gasteiger partial charge in [-0.25, -0.2) is 0 Å². The highest BCUT2D eigenvalue weighted by Crippen LogP contribution is 2.32. The molecule has 0 heterocycles. The van der Waals surface area contributed by atoms with Gasteiger partial charge < -0.3 is 0 Å². The van der Waals surface area contributed by atoms with Crippen LogP contribution >= 0.6 is 27.7 Å². The third kappa shape index (κ3) is 4.78. The lowest BCUT2D eigenvalue weighted by Gasteiger charge is -2.32. The van der Waals surface area contributed by atoms with Crippen molar-refractivity contribution in [2.45, 2.75) is 43.5 Å². The predicted molar refractivity (Wildman–Crippen MR) is 87.1 cm³/mol.